The molecule has 0 saturated heterocycles. The molecule has 5 nitrogen and oxygen atoms in total. The second-order valence-corrected chi connectivity index (χ2v) is 9.62. The molecule has 3 aromatic rings. The molecule has 0 saturated carbocycles. The summed E-state index contributed by atoms with van der Waals surface area (Å²) >= 11 is 0. The van der Waals surface area contributed by atoms with Crippen LogP contribution in [0.2, 0.25) is 0 Å². The number of nitrogens with zero attached hydrogens (tertiary/aromatic N) is 1. The molecule has 5 rings (SSSR count). The number of β-amino-alcohol motifs (C(OH)–C–C–N with tert-alkyl or cyclic N) is 1. The molecule has 1 aliphatic carbocycles. The van der Waals surface area contributed by atoms with Gasteiger partial charge in [-0.3, -0.25) is 4.79 Å². The van der Waals surface area contributed by atoms with Gasteiger partial charge in [-0.05, 0) is 67.3 Å². The third kappa shape index (κ3) is 5.43. The number of aromatic nitrogens is 1. The first-order chi connectivity index (χ1) is 17.6. The van der Waals surface area contributed by atoms with E-state index in [0.717, 1.165) is 30.5 Å². The van der Waals surface area contributed by atoms with Crippen LogP contribution in [0.1, 0.15) is 27.9 Å². The van der Waals surface area contributed by atoms with Crippen molar-refractivity contribution in [1.82, 2.24) is 15.2 Å². The second kappa shape index (κ2) is 10.9. The van der Waals surface area contributed by atoms with E-state index >= 15 is 0 Å². The van der Waals surface area contributed by atoms with Gasteiger partial charge in [0.1, 0.15) is 0 Å². The van der Waals surface area contributed by atoms with Gasteiger partial charge in [0.2, 0.25) is 0 Å². The molecule has 2 aromatic carbocycles. The number of ketones is 1. The number of aromatic amines is 1. The van der Waals surface area contributed by atoms with E-state index in [0.29, 0.717) is 18.7 Å². The van der Waals surface area contributed by atoms with Crippen LogP contribution in [0, 0.1) is 6.92 Å². The number of carbonyl (C=O) groups excluding carboxylic acids is 1. The number of aryl methyl sites for hydroxylation is 1. The molecule has 1 aromatic heterocycles. The standard InChI is InChI=1S/C31H33N3O2/c1-22-11-13-29-28(17-22)24(18-33-29)15-16-32-19-26(35)21-34-20-25(27-9-5-6-10-30(27)34)12-14-31(36)23-7-3-2-4-8-23/h2-9,11-14,17-18,20,26,30,32-33,35H,10,15-16,19,21H2,1H3/b14-12+/t26-,30+/m0/s1. The number of benzene rings is 2. The Hall–Kier alpha value is -3.67. The van der Waals surface area contributed by atoms with Gasteiger partial charge >= 0.3 is 0 Å². The summed E-state index contributed by atoms with van der Waals surface area (Å²) in [6.45, 7) is 3.99. The minimum absolute atomic E-state index is 0.00644. The van der Waals surface area contributed by atoms with Gasteiger partial charge in [-0.15, -0.1) is 0 Å². The Morgan fingerprint density at radius 3 is 2.97 bits per heavy atom. The van der Waals surface area contributed by atoms with E-state index in [1.54, 1.807) is 6.08 Å². The maximum Gasteiger partial charge on any atom is 0.185 e. The fraction of sp³-hybridized carbons (Fsp3) is 0.258. The van der Waals surface area contributed by atoms with Gasteiger partial charge in [0, 0.05) is 42.0 Å². The summed E-state index contributed by atoms with van der Waals surface area (Å²) in [5.74, 6) is -0.00644. The molecular weight excluding hydrogens is 446 g/mol. The molecule has 0 fully saturated rings. The molecule has 2 heterocycles. The van der Waals surface area contributed by atoms with Gasteiger partial charge in [-0.25, -0.2) is 0 Å². The number of hydrogen-bond acceptors (Lipinski definition) is 4. The smallest absolute Gasteiger partial charge is 0.185 e. The largest absolute Gasteiger partial charge is 0.390 e. The normalized spacial score (nSPS) is 17.9. The summed E-state index contributed by atoms with van der Waals surface area (Å²) < 4.78 is 0. The summed E-state index contributed by atoms with van der Waals surface area (Å²) in [6.07, 6.45) is 15.4. The summed E-state index contributed by atoms with van der Waals surface area (Å²) in [4.78, 5) is 18.1. The van der Waals surface area contributed by atoms with Crippen molar-refractivity contribution in [2.45, 2.75) is 31.9 Å². The highest BCUT2D eigenvalue weighted by Crippen LogP contribution is 2.33. The van der Waals surface area contributed by atoms with E-state index < -0.39 is 6.10 Å². The zero-order chi connectivity index (χ0) is 24.9. The van der Waals surface area contributed by atoms with Crippen molar-refractivity contribution < 1.29 is 9.90 Å². The Morgan fingerprint density at radius 2 is 2.11 bits per heavy atom. The van der Waals surface area contributed by atoms with E-state index in [9.17, 15) is 9.90 Å². The van der Waals surface area contributed by atoms with Crippen LogP contribution in [0.15, 0.2) is 102 Å². The maximum atomic E-state index is 12.5. The van der Waals surface area contributed by atoms with E-state index in [1.165, 1.54) is 22.1 Å². The molecule has 3 N–H and O–H groups in total. The van der Waals surface area contributed by atoms with Crippen molar-refractivity contribution in [1.29, 1.82) is 0 Å². The highest BCUT2D eigenvalue weighted by Gasteiger charge is 2.30. The van der Waals surface area contributed by atoms with Gasteiger partial charge < -0.3 is 20.3 Å². The minimum Gasteiger partial charge on any atom is -0.390 e. The predicted molar refractivity (Wildman–Crippen MR) is 146 cm³/mol. The quantitative estimate of drug-likeness (QED) is 0.221. The molecule has 36 heavy (non-hydrogen) atoms. The molecular formula is C31H33N3O2. The predicted octanol–water partition coefficient (Wildman–Crippen LogP) is 4.86. The van der Waals surface area contributed by atoms with E-state index in [1.807, 2.05) is 36.4 Å². The van der Waals surface area contributed by atoms with Crippen LogP contribution in [0.25, 0.3) is 10.9 Å². The number of allylic oxidation sites excluding steroid dienone is 4. The van der Waals surface area contributed by atoms with Gasteiger partial charge in [0.05, 0.1) is 12.1 Å². The number of aliphatic hydroxyl groups excluding tert-OH is 1. The molecule has 0 amide bonds. The monoisotopic (exact) mass is 479 g/mol. The lowest BCUT2D eigenvalue weighted by atomic mass is 9.95. The summed E-state index contributed by atoms with van der Waals surface area (Å²) in [6, 6.07) is 16.0. The van der Waals surface area contributed by atoms with Gasteiger partial charge in [0.25, 0.3) is 0 Å². The molecule has 2 aliphatic rings. The number of carbonyl (C=O) groups is 1. The summed E-state index contributed by atoms with van der Waals surface area (Å²) in [5, 5.41) is 15.5. The molecule has 184 valence electrons. The topological polar surface area (TPSA) is 68.4 Å². The average Bonchev–Trinajstić information content (AvgIpc) is 3.46. The number of aliphatic hydroxyl groups is 1. The zero-order valence-corrected chi connectivity index (χ0v) is 20.7. The Labute approximate surface area is 212 Å². The fourth-order valence-electron chi connectivity index (χ4n) is 5.05. The number of hydrogen-bond donors (Lipinski definition) is 3. The molecule has 0 bridgehead atoms. The molecule has 5 heteroatoms. The lowest BCUT2D eigenvalue weighted by molar-refractivity contribution is 0.104. The van der Waals surface area contributed by atoms with Crippen molar-refractivity contribution in [3.05, 3.63) is 119 Å². The van der Waals surface area contributed by atoms with Crippen molar-refractivity contribution in [2.24, 2.45) is 0 Å². The molecule has 0 radical (unpaired) electrons. The minimum atomic E-state index is -0.493. The number of nitrogens with one attached hydrogen (secondary N) is 2. The van der Waals surface area contributed by atoms with Crippen LogP contribution in [-0.2, 0) is 6.42 Å². The summed E-state index contributed by atoms with van der Waals surface area (Å²) in [5.41, 5.74) is 6.63. The third-order valence-electron chi connectivity index (χ3n) is 6.94. The first-order valence-corrected chi connectivity index (χ1v) is 12.7. The van der Waals surface area contributed by atoms with E-state index in [4.69, 9.17) is 0 Å². The zero-order valence-electron chi connectivity index (χ0n) is 20.7. The number of H-pyrrole nitrogens is 1. The summed E-state index contributed by atoms with van der Waals surface area (Å²) in [7, 11) is 0. The van der Waals surface area contributed by atoms with Crippen LogP contribution in [0.4, 0.5) is 0 Å². The lowest BCUT2D eigenvalue weighted by Gasteiger charge is -2.29. The average molecular weight is 480 g/mol. The van der Waals surface area contributed by atoms with Crippen molar-refractivity contribution in [2.75, 3.05) is 19.6 Å². The molecule has 0 spiro atoms. The SMILES string of the molecule is Cc1ccc2[nH]cc(CCNC[C@H](O)CN3C=C(/C=C/C(=O)c4ccccc4)C4=CC=CC[C@H]43)c2c1. The van der Waals surface area contributed by atoms with Gasteiger partial charge in [-0.1, -0.05) is 60.2 Å². The second-order valence-electron chi connectivity index (χ2n) is 9.62. The lowest BCUT2D eigenvalue weighted by Crippen LogP contribution is -2.40. The highest BCUT2D eigenvalue weighted by atomic mass is 16.3. The van der Waals surface area contributed by atoms with Crippen molar-refractivity contribution >= 4 is 16.7 Å². The molecule has 0 unspecified atom stereocenters. The highest BCUT2D eigenvalue weighted by molar-refractivity contribution is 6.04. The van der Waals surface area contributed by atoms with Crippen LogP contribution >= 0.6 is 0 Å². The Kier molecular flexibility index (Phi) is 7.31. The number of fused-ring (bicyclic) bond motifs is 2. The van der Waals surface area contributed by atoms with Crippen LogP contribution < -0.4 is 5.32 Å². The van der Waals surface area contributed by atoms with Crippen molar-refractivity contribution in [3.63, 3.8) is 0 Å². The third-order valence-corrected chi connectivity index (χ3v) is 6.94. The van der Waals surface area contributed by atoms with Gasteiger partial charge in [0.15, 0.2) is 5.78 Å². The Bertz CT molecular complexity index is 1350. The number of rotatable bonds is 10. The van der Waals surface area contributed by atoms with Crippen LogP contribution in [0.3, 0.4) is 0 Å². The fourth-order valence-corrected chi connectivity index (χ4v) is 5.05. The first-order valence-electron chi connectivity index (χ1n) is 12.7. The molecule has 2 atom stereocenters. The Balaban J connectivity index is 1.16. The van der Waals surface area contributed by atoms with E-state index in [2.05, 4.69) is 70.9 Å². The van der Waals surface area contributed by atoms with E-state index in [-0.39, 0.29) is 11.8 Å². The molecule has 1 aliphatic heterocycles. The Morgan fingerprint density at radius 1 is 1.25 bits per heavy atom. The van der Waals surface area contributed by atoms with Crippen molar-refractivity contribution in [3.8, 4) is 0 Å². The maximum absolute atomic E-state index is 12.5. The van der Waals surface area contributed by atoms with Gasteiger partial charge in [-0.2, -0.15) is 0 Å². The van der Waals surface area contributed by atoms with Crippen LogP contribution in [-0.4, -0.2) is 52.6 Å². The first kappa shape index (κ1) is 24.0. The van der Waals surface area contributed by atoms with Crippen LogP contribution in [0.5, 0.6) is 0 Å².